The highest BCUT2D eigenvalue weighted by Gasteiger charge is 2.62. The predicted molar refractivity (Wildman–Crippen MR) is 53.9 cm³/mol. The first-order valence-electron chi connectivity index (χ1n) is 5.75. The van der Waals surface area contributed by atoms with Gasteiger partial charge in [-0.1, -0.05) is 0 Å². The highest BCUT2D eigenvalue weighted by Crippen LogP contribution is 2.51. The molecule has 92 valence electrons. The summed E-state index contributed by atoms with van der Waals surface area (Å²) in [4.78, 5) is 0. The molecule has 0 aromatic heterocycles. The second-order valence-electron chi connectivity index (χ2n) is 4.92. The van der Waals surface area contributed by atoms with Crippen molar-refractivity contribution in [2.75, 3.05) is 14.2 Å². The van der Waals surface area contributed by atoms with Gasteiger partial charge < -0.3 is 24.1 Å². The van der Waals surface area contributed by atoms with E-state index in [1.54, 1.807) is 14.2 Å². The van der Waals surface area contributed by atoms with Gasteiger partial charge >= 0.3 is 0 Å². The molecule has 6 atom stereocenters. The van der Waals surface area contributed by atoms with E-state index >= 15 is 0 Å². The first-order chi connectivity index (χ1) is 7.68. The van der Waals surface area contributed by atoms with Crippen molar-refractivity contribution in [3.8, 4) is 0 Å². The summed E-state index contributed by atoms with van der Waals surface area (Å²) in [6.07, 6.45) is 1.38. The molecule has 16 heavy (non-hydrogen) atoms. The molecule has 2 saturated heterocycles. The van der Waals surface area contributed by atoms with Crippen molar-refractivity contribution in [3.63, 3.8) is 0 Å². The number of aliphatic hydroxyl groups excluding tert-OH is 1. The van der Waals surface area contributed by atoms with Crippen LogP contribution >= 0.6 is 0 Å². The molecule has 3 fully saturated rings. The van der Waals surface area contributed by atoms with E-state index in [4.69, 9.17) is 18.9 Å². The molecule has 5 heteroatoms. The van der Waals surface area contributed by atoms with E-state index in [9.17, 15) is 5.11 Å². The van der Waals surface area contributed by atoms with Crippen LogP contribution in [0.15, 0.2) is 0 Å². The first kappa shape index (κ1) is 10.9. The quantitative estimate of drug-likeness (QED) is 0.726. The van der Waals surface area contributed by atoms with Crippen LogP contribution in [0, 0.1) is 0 Å². The lowest BCUT2D eigenvalue weighted by Crippen LogP contribution is -2.50. The molecule has 2 aliphatic heterocycles. The molecule has 1 aliphatic carbocycles. The van der Waals surface area contributed by atoms with Gasteiger partial charge in [0.1, 0.15) is 11.7 Å². The van der Waals surface area contributed by atoms with E-state index in [2.05, 4.69) is 0 Å². The third-order valence-electron chi connectivity index (χ3n) is 4.11. The standard InChI is InChI=1S/C11H18O5/c1-13-6-4-11-5-7(10(6)14-2)15-8(11)3-9(12)16-11/h6-10,12H,3-5H2,1-2H3/t6-,7-,8?,9?,10-,11?/m1/s1. The third kappa shape index (κ3) is 1.36. The summed E-state index contributed by atoms with van der Waals surface area (Å²) < 4.78 is 22.5. The lowest BCUT2D eigenvalue weighted by molar-refractivity contribution is -0.181. The molecule has 3 unspecified atom stereocenters. The number of hydrogen-bond acceptors (Lipinski definition) is 5. The van der Waals surface area contributed by atoms with Gasteiger partial charge in [-0.05, 0) is 0 Å². The monoisotopic (exact) mass is 230 g/mol. The largest absolute Gasteiger partial charge is 0.379 e. The van der Waals surface area contributed by atoms with Crippen molar-refractivity contribution < 1.29 is 24.1 Å². The topological polar surface area (TPSA) is 57.2 Å². The second-order valence-corrected chi connectivity index (χ2v) is 4.92. The number of ether oxygens (including phenoxy) is 4. The fourth-order valence-electron chi connectivity index (χ4n) is 3.43. The van der Waals surface area contributed by atoms with Gasteiger partial charge in [-0.15, -0.1) is 0 Å². The zero-order valence-corrected chi connectivity index (χ0v) is 9.59. The van der Waals surface area contributed by atoms with Gasteiger partial charge in [-0.3, -0.25) is 0 Å². The van der Waals surface area contributed by atoms with Crippen LogP contribution in [0.2, 0.25) is 0 Å². The molecule has 2 heterocycles. The molecule has 3 aliphatic rings. The van der Waals surface area contributed by atoms with Crippen LogP contribution in [0.1, 0.15) is 19.3 Å². The zero-order valence-electron chi connectivity index (χ0n) is 9.59. The predicted octanol–water partition coefficient (Wildman–Crippen LogP) is 0.0551. The summed E-state index contributed by atoms with van der Waals surface area (Å²) in [5.41, 5.74) is -0.347. The van der Waals surface area contributed by atoms with Gasteiger partial charge in [0.25, 0.3) is 0 Å². The highest BCUT2D eigenvalue weighted by molar-refractivity contribution is 5.10. The summed E-state index contributed by atoms with van der Waals surface area (Å²) in [5, 5.41) is 9.55. The molecule has 0 radical (unpaired) electrons. The van der Waals surface area contributed by atoms with Gasteiger partial charge in [0.15, 0.2) is 6.29 Å². The van der Waals surface area contributed by atoms with E-state index in [-0.39, 0.29) is 30.0 Å². The van der Waals surface area contributed by atoms with Crippen molar-refractivity contribution >= 4 is 0 Å². The maximum Gasteiger partial charge on any atom is 0.158 e. The summed E-state index contributed by atoms with van der Waals surface area (Å²) >= 11 is 0. The minimum atomic E-state index is -0.692. The van der Waals surface area contributed by atoms with Crippen LogP contribution < -0.4 is 0 Å². The number of fused-ring (bicyclic) bond motifs is 1. The molecule has 3 rings (SSSR count). The lowest BCUT2D eigenvalue weighted by Gasteiger charge is -2.38. The Hall–Kier alpha value is -0.200. The van der Waals surface area contributed by atoms with Crippen molar-refractivity contribution in [2.45, 2.75) is 55.6 Å². The number of rotatable bonds is 2. The second kappa shape index (κ2) is 3.65. The van der Waals surface area contributed by atoms with Crippen molar-refractivity contribution in [2.24, 2.45) is 0 Å². The van der Waals surface area contributed by atoms with Crippen LogP contribution in [0.25, 0.3) is 0 Å². The molecule has 0 amide bonds. The van der Waals surface area contributed by atoms with E-state index in [1.807, 2.05) is 0 Å². The SMILES string of the molecule is CO[C@@H]1[C@H](OC)CC23C[C@H]1OC2CC(O)O3. The van der Waals surface area contributed by atoms with Crippen LogP contribution in [-0.4, -0.2) is 55.6 Å². The Morgan fingerprint density at radius 1 is 1.25 bits per heavy atom. The van der Waals surface area contributed by atoms with E-state index < -0.39 is 6.29 Å². The highest BCUT2D eigenvalue weighted by atomic mass is 16.7. The Bertz CT molecular complexity index is 282. The smallest absolute Gasteiger partial charge is 0.158 e. The Morgan fingerprint density at radius 2 is 2.06 bits per heavy atom. The molecular weight excluding hydrogens is 212 g/mol. The third-order valence-corrected chi connectivity index (χ3v) is 4.11. The van der Waals surface area contributed by atoms with Gasteiger partial charge in [0.05, 0.1) is 18.3 Å². The summed E-state index contributed by atoms with van der Waals surface area (Å²) in [5.74, 6) is 0. The fraction of sp³-hybridized carbons (Fsp3) is 1.00. The molecule has 1 N–H and O–H groups in total. The van der Waals surface area contributed by atoms with Crippen molar-refractivity contribution in [1.29, 1.82) is 0 Å². The maximum atomic E-state index is 9.55. The molecule has 0 aromatic rings. The molecule has 1 saturated carbocycles. The zero-order chi connectivity index (χ0) is 11.3. The van der Waals surface area contributed by atoms with Crippen LogP contribution in [-0.2, 0) is 18.9 Å². The van der Waals surface area contributed by atoms with Crippen LogP contribution in [0.4, 0.5) is 0 Å². The normalized spacial score (nSPS) is 55.3. The van der Waals surface area contributed by atoms with Gasteiger partial charge in [-0.25, -0.2) is 0 Å². The minimum absolute atomic E-state index is 0.00898. The first-order valence-corrected chi connectivity index (χ1v) is 5.75. The van der Waals surface area contributed by atoms with Gasteiger partial charge in [0, 0.05) is 33.5 Å². The summed E-state index contributed by atoms with van der Waals surface area (Å²) in [6, 6.07) is 0. The Labute approximate surface area is 94.6 Å². The van der Waals surface area contributed by atoms with Gasteiger partial charge in [-0.2, -0.15) is 0 Å². The average Bonchev–Trinajstić information content (AvgIpc) is 2.66. The summed E-state index contributed by atoms with van der Waals surface area (Å²) in [7, 11) is 3.36. The molecule has 5 nitrogen and oxygen atoms in total. The average molecular weight is 230 g/mol. The van der Waals surface area contributed by atoms with E-state index in [0.29, 0.717) is 6.42 Å². The van der Waals surface area contributed by atoms with Crippen molar-refractivity contribution in [1.82, 2.24) is 0 Å². The lowest BCUT2D eigenvalue weighted by atomic mass is 9.79. The minimum Gasteiger partial charge on any atom is -0.379 e. The number of hydrogen-bond donors (Lipinski definition) is 1. The fourth-order valence-corrected chi connectivity index (χ4v) is 3.43. The van der Waals surface area contributed by atoms with E-state index in [0.717, 1.165) is 12.8 Å². The van der Waals surface area contributed by atoms with E-state index in [1.165, 1.54) is 0 Å². The Kier molecular flexibility index (Phi) is 2.49. The number of aliphatic hydroxyl groups is 1. The molecule has 2 bridgehead atoms. The Balaban J connectivity index is 1.85. The maximum absolute atomic E-state index is 9.55. The van der Waals surface area contributed by atoms with Gasteiger partial charge in [0.2, 0.25) is 0 Å². The van der Waals surface area contributed by atoms with Crippen molar-refractivity contribution in [3.05, 3.63) is 0 Å². The molecular formula is C11H18O5. The summed E-state index contributed by atoms with van der Waals surface area (Å²) in [6.45, 7) is 0. The number of methoxy groups -OCH3 is 2. The van der Waals surface area contributed by atoms with Crippen LogP contribution in [0.5, 0.6) is 0 Å². The Morgan fingerprint density at radius 3 is 2.75 bits per heavy atom. The van der Waals surface area contributed by atoms with Crippen LogP contribution in [0.3, 0.4) is 0 Å². The molecule has 0 aromatic carbocycles. The molecule has 1 spiro atoms.